The topological polar surface area (TPSA) is 79.3 Å². The lowest BCUT2D eigenvalue weighted by molar-refractivity contribution is -0.115. The number of carboxylic acids is 1. The Kier molecular flexibility index (Phi) is 4.55. The van der Waals surface area contributed by atoms with Crippen molar-refractivity contribution in [2.75, 3.05) is 5.32 Å². The van der Waals surface area contributed by atoms with Crippen LogP contribution in [0.2, 0.25) is 5.02 Å². The van der Waals surface area contributed by atoms with Gasteiger partial charge < -0.3 is 10.4 Å². The maximum atomic E-state index is 11.9. The summed E-state index contributed by atoms with van der Waals surface area (Å²) in [6.07, 6.45) is 1.79. The zero-order valence-electron chi connectivity index (χ0n) is 11.3. The van der Waals surface area contributed by atoms with Crippen molar-refractivity contribution in [1.29, 1.82) is 0 Å². The summed E-state index contributed by atoms with van der Waals surface area (Å²) < 4.78 is 0. The van der Waals surface area contributed by atoms with Gasteiger partial charge in [-0.05, 0) is 36.8 Å². The largest absolute Gasteiger partial charge is 0.478 e. The molecular weight excluding hydrogens is 292 g/mol. The van der Waals surface area contributed by atoms with E-state index in [9.17, 15) is 9.59 Å². The Balaban J connectivity index is 2.09. The first-order chi connectivity index (χ1) is 9.94. The van der Waals surface area contributed by atoms with Gasteiger partial charge in [-0.2, -0.15) is 0 Å². The number of nitrogens with one attached hydrogen (secondary N) is 1. The highest BCUT2D eigenvalue weighted by Crippen LogP contribution is 2.19. The number of carbonyl (C=O) groups is 2. The molecule has 0 aliphatic rings. The van der Waals surface area contributed by atoms with Gasteiger partial charge in [0.1, 0.15) is 0 Å². The molecule has 1 aromatic heterocycles. The van der Waals surface area contributed by atoms with Crippen molar-refractivity contribution >= 4 is 29.2 Å². The van der Waals surface area contributed by atoms with Crippen molar-refractivity contribution in [3.8, 4) is 0 Å². The lowest BCUT2D eigenvalue weighted by atomic mass is 10.1. The van der Waals surface area contributed by atoms with E-state index in [0.29, 0.717) is 5.69 Å². The molecule has 108 valence electrons. The van der Waals surface area contributed by atoms with E-state index in [2.05, 4.69) is 10.3 Å². The second kappa shape index (κ2) is 6.37. The van der Waals surface area contributed by atoms with Crippen molar-refractivity contribution in [1.82, 2.24) is 4.98 Å². The molecule has 1 aromatic carbocycles. The van der Waals surface area contributed by atoms with Gasteiger partial charge in [0.2, 0.25) is 5.91 Å². The summed E-state index contributed by atoms with van der Waals surface area (Å²) in [6.45, 7) is 1.86. The number of anilines is 1. The first-order valence-electron chi connectivity index (χ1n) is 6.19. The van der Waals surface area contributed by atoms with Crippen molar-refractivity contribution in [2.24, 2.45) is 0 Å². The van der Waals surface area contributed by atoms with Gasteiger partial charge in [0, 0.05) is 22.6 Å². The summed E-state index contributed by atoms with van der Waals surface area (Å²) in [5.74, 6) is -1.37. The second-order valence-electron chi connectivity index (χ2n) is 4.57. The first-order valence-corrected chi connectivity index (χ1v) is 6.57. The lowest BCUT2D eigenvalue weighted by Gasteiger charge is -2.07. The molecule has 0 radical (unpaired) electrons. The van der Waals surface area contributed by atoms with Crippen molar-refractivity contribution in [3.63, 3.8) is 0 Å². The molecule has 0 aliphatic carbocycles. The Morgan fingerprint density at radius 1 is 1.29 bits per heavy atom. The van der Waals surface area contributed by atoms with E-state index in [4.69, 9.17) is 16.7 Å². The van der Waals surface area contributed by atoms with Crippen LogP contribution in [0.5, 0.6) is 0 Å². The fourth-order valence-electron chi connectivity index (χ4n) is 1.78. The number of rotatable bonds is 4. The summed E-state index contributed by atoms with van der Waals surface area (Å²) in [7, 11) is 0. The number of carbonyl (C=O) groups excluding carboxylic acids is 1. The molecule has 0 atom stereocenters. The van der Waals surface area contributed by atoms with Crippen LogP contribution in [0.4, 0.5) is 5.69 Å². The third-order valence-electron chi connectivity index (χ3n) is 2.77. The zero-order valence-corrected chi connectivity index (χ0v) is 12.0. The Bertz CT molecular complexity index is 684. The maximum absolute atomic E-state index is 11.9. The van der Waals surface area contributed by atoms with Crippen LogP contribution in [0.25, 0.3) is 0 Å². The molecular formula is C15H13ClN2O3. The van der Waals surface area contributed by atoms with Crippen LogP contribution < -0.4 is 5.32 Å². The molecule has 0 unspecified atom stereocenters. The molecule has 0 saturated heterocycles. The third-order valence-corrected chi connectivity index (χ3v) is 2.98. The Morgan fingerprint density at radius 2 is 2.05 bits per heavy atom. The zero-order chi connectivity index (χ0) is 15.4. The minimum Gasteiger partial charge on any atom is -0.478 e. The van der Waals surface area contributed by atoms with E-state index >= 15 is 0 Å². The molecule has 2 rings (SSSR count). The molecule has 2 aromatic rings. The quantitative estimate of drug-likeness (QED) is 0.910. The fourth-order valence-corrected chi connectivity index (χ4v) is 2.01. The van der Waals surface area contributed by atoms with Gasteiger partial charge in [-0.1, -0.05) is 17.7 Å². The molecule has 2 N–H and O–H groups in total. The number of benzene rings is 1. The molecule has 0 fully saturated rings. The van der Waals surface area contributed by atoms with E-state index < -0.39 is 5.97 Å². The lowest BCUT2D eigenvalue weighted by Crippen LogP contribution is -2.15. The molecule has 5 nitrogen and oxygen atoms in total. The highest BCUT2D eigenvalue weighted by molar-refractivity contribution is 6.31. The Labute approximate surface area is 126 Å². The van der Waals surface area contributed by atoms with Crippen LogP contribution in [0.15, 0.2) is 36.5 Å². The van der Waals surface area contributed by atoms with Gasteiger partial charge in [0.15, 0.2) is 0 Å². The van der Waals surface area contributed by atoms with Gasteiger partial charge in [-0.25, -0.2) is 4.79 Å². The average molecular weight is 305 g/mol. The van der Waals surface area contributed by atoms with Gasteiger partial charge in [0.25, 0.3) is 0 Å². The van der Waals surface area contributed by atoms with Gasteiger partial charge >= 0.3 is 5.97 Å². The summed E-state index contributed by atoms with van der Waals surface area (Å²) in [4.78, 5) is 27.0. The first kappa shape index (κ1) is 15.0. The highest BCUT2D eigenvalue weighted by Gasteiger charge is 2.09. The van der Waals surface area contributed by atoms with Crippen LogP contribution >= 0.6 is 11.6 Å². The smallest absolute Gasteiger partial charge is 0.335 e. The monoisotopic (exact) mass is 304 g/mol. The summed E-state index contributed by atoms with van der Waals surface area (Å²) in [5, 5.41) is 11.8. The third kappa shape index (κ3) is 4.29. The summed E-state index contributed by atoms with van der Waals surface area (Å²) in [5.41, 5.74) is 2.03. The number of halogens is 1. The molecule has 6 heteroatoms. The number of aryl methyl sites for hydroxylation is 1. The van der Waals surface area contributed by atoms with Gasteiger partial charge in [0.05, 0.1) is 12.0 Å². The molecule has 0 aliphatic heterocycles. The number of hydrogen-bond donors (Lipinski definition) is 2. The van der Waals surface area contributed by atoms with E-state index in [1.807, 2.05) is 19.1 Å². The van der Waals surface area contributed by atoms with E-state index in [-0.39, 0.29) is 22.9 Å². The molecule has 0 spiro atoms. The standard InChI is InChI=1S/C15H13ClN2O3/c1-9-2-3-10(8-17-9)4-14(19)18-13-6-11(15(20)21)5-12(16)7-13/h2-3,5-8H,4H2,1H3,(H,18,19)(H,20,21). The number of aromatic nitrogens is 1. The van der Waals surface area contributed by atoms with Crippen LogP contribution in [-0.2, 0) is 11.2 Å². The van der Waals surface area contributed by atoms with Crippen molar-refractivity contribution < 1.29 is 14.7 Å². The number of pyridine rings is 1. The molecule has 21 heavy (non-hydrogen) atoms. The molecule has 0 bridgehead atoms. The van der Waals surface area contributed by atoms with E-state index in [0.717, 1.165) is 11.3 Å². The van der Waals surface area contributed by atoms with E-state index in [1.165, 1.54) is 18.2 Å². The molecule has 0 saturated carbocycles. The number of aromatic carboxylic acids is 1. The predicted molar refractivity (Wildman–Crippen MR) is 79.7 cm³/mol. The minimum atomic E-state index is -1.10. The normalized spacial score (nSPS) is 10.2. The number of nitrogens with zero attached hydrogens (tertiary/aromatic N) is 1. The number of carboxylic acid groups (broad SMARTS) is 1. The van der Waals surface area contributed by atoms with Crippen LogP contribution in [-0.4, -0.2) is 22.0 Å². The van der Waals surface area contributed by atoms with Crippen LogP contribution in [0.1, 0.15) is 21.6 Å². The Hall–Kier alpha value is -2.40. The number of amides is 1. The summed E-state index contributed by atoms with van der Waals surface area (Å²) in [6, 6.07) is 7.83. The SMILES string of the molecule is Cc1ccc(CC(=O)Nc2cc(Cl)cc(C(=O)O)c2)cn1. The second-order valence-corrected chi connectivity index (χ2v) is 5.00. The van der Waals surface area contributed by atoms with Crippen molar-refractivity contribution in [2.45, 2.75) is 13.3 Å². The molecule has 1 amide bonds. The van der Waals surface area contributed by atoms with Crippen LogP contribution in [0, 0.1) is 6.92 Å². The van der Waals surface area contributed by atoms with Gasteiger partial charge in [-0.15, -0.1) is 0 Å². The average Bonchev–Trinajstić information content (AvgIpc) is 2.40. The van der Waals surface area contributed by atoms with Crippen LogP contribution in [0.3, 0.4) is 0 Å². The predicted octanol–water partition coefficient (Wildman–Crippen LogP) is 2.92. The Morgan fingerprint density at radius 3 is 2.67 bits per heavy atom. The maximum Gasteiger partial charge on any atom is 0.335 e. The van der Waals surface area contributed by atoms with Gasteiger partial charge in [-0.3, -0.25) is 9.78 Å². The number of hydrogen-bond acceptors (Lipinski definition) is 3. The fraction of sp³-hybridized carbons (Fsp3) is 0.133. The minimum absolute atomic E-state index is 0.0230. The van der Waals surface area contributed by atoms with E-state index in [1.54, 1.807) is 6.20 Å². The highest BCUT2D eigenvalue weighted by atomic mass is 35.5. The molecule has 1 heterocycles. The summed E-state index contributed by atoms with van der Waals surface area (Å²) >= 11 is 5.83. The van der Waals surface area contributed by atoms with Crippen molar-refractivity contribution in [3.05, 3.63) is 58.4 Å².